The number of halogens is 1. The van der Waals surface area contributed by atoms with Crippen LogP contribution in [-0.2, 0) is 7.05 Å². The average Bonchev–Trinajstić information content (AvgIpc) is 3.30. The Morgan fingerprint density at radius 3 is 2.50 bits per heavy atom. The van der Waals surface area contributed by atoms with E-state index in [1.165, 1.54) is 0 Å². The van der Waals surface area contributed by atoms with Crippen LogP contribution >= 0.6 is 11.6 Å². The number of hydrogen-bond donors (Lipinski definition) is 3. The van der Waals surface area contributed by atoms with Gasteiger partial charge in [-0.2, -0.15) is 5.10 Å². The fraction of sp³-hybridized carbons (Fsp3) is 0.353. The zero-order chi connectivity index (χ0) is 18.4. The first-order valence-corrected chi connectivity index (χ1v) is 8.83. The minimum atomic E-state index is -0.378. The Hall–Kier alpha value is -2.74. The summed E-state index contributed by atoms with van der Waals surface area (Å²) in [5, 5.41) is 7.44. The molecule has 1 amide bonds. The topological polar surface area (TPSA) is 98.8 Å². The third-order valence-electron chi connectivity index (χ3n) is 4.80. The van der Waals surface area contributed by atoms with Gasteiger partial charge >= 0.3 is 5.69 Å². The summed E-state index contributed by atoms with van der Waals surface area (Å²) < 4.78 is 1.57. The van der Waals surface area contributed by atoms with Crippen LogP contribution in [-0.4, -0.2) is 38.7 Å². The summed E-state index contributed by atoms with van der Waals surface area (Å²) in [6.45, 7) is 3.62. The standard InChI is InChI=1S/C17H19ClN6O2/c1-9-14(18)15(22-23(9)2)16(25)19-12-7-10-11(21-17(26)20-10)8-13(12)24-5-3-4-6-24/h7-8H,3-6H2,1-2H3,(H,19,25)(H2,20,21,26). The van der Waals surface area contributed by atoms with E-state index in [2.05, 4.69) is 25.3 Å². The van der Waals surface area contributed by atoms with Gasteiger partial charge in [-0.25, -0.2) is 4.79 Å². The van der Waals surface area contributed by atoms with Crippen molar-refractivity contribution in [2.24, 2.45) is 7.05 Å². The molecule has 1 aliphatic rings. The summed E-state index contributed by atoms with van der Waals surface area (Å²) in [4.78, 5) is 32.1. The molecule has 3 heterocycles. The largest absolute Gasteiger partial charge is 0.370 e. The predicted octanol–water partition coefficient (Wildman–Crippen LogP) is 2.40. The minimum absolute atomic E-state index is 0.182. The van der Waals surface area contributed by atoms with E-state index in [-0.39, 0.29) is 17.3 Å². The molecule has 0 unspecified atom stereocenters. The Morgan fingerprint density at radius 1 is 1.23 bits per heavy atom. The van der Waals surface area contributed by atoms with Crippen molar-refractivity contribution >= 4 is 39.9 Å². The second-order valence-electron chi connectivity index (χ2n) is 6.51. The van der Waals surface area contributed by atoms with E-state index >= 15 is 0 Å². The molecule has 8 nitrogen and oxygen atoms in total. The van der Waals surface area contributed by atoms with Gasteiger partial charge in [0, 0.05) is 20.1 Å². The number of nitrogens with zero attached hydrogens (tertiary/aromatic N) is 3. The number of rotatable bonds is 3. The van der Waals surface area contributed by atoms with Crippen molar-refractivity contribution in [1.82, 2.24) is 19.7 Å². The van der Waals surface area contributed by atoms with E-state index < -0.39 is 0 Å². The van der Waals surface area contributed by atoms with Crippen LogP contribution in [0.25, 0.3) is 11.0 Å². The highest BCUT2D eigenvalue weighted by molar-refractivity contribution is 6.34. The van der Waals surface area contributed by atoms with Gasteiger partial charge in [-0.3, -0.25) is 9.48 Å². The van der Waals surface area contributed by atoms with Gasteiger partial charge in [-0.1, -0.05) is 11.6 Å². The molecule has 26 heavy (non-hydrogen) atoms. The quantitative estimate of drug-likeness (QED) is 0.655. The number of amides is 1. The molecule has 0 bridgehead atoms. The molecule has 1 aromatic carbocycles. The minimum Gasteiger partial charge on any atom is -0.370 e. The number of fused-ring (bicyclic) bond motifs is 1. The number of anilines is 2. The van der Waals surface area contributed by atoms with Crippen molar-refractivity contribution in [2.75, 3.05) is 23.3 Å². The predicted molar refractivity (Wildman–Crippen MR) is 101 cm³/mol. The van der Waals surface area contributed by atoms with Gasteiger partial charge in [0.05, 0.1) is 33.1 Å². The summed E-state index contributed by atoms with van der Waals surface area (Å²) >= 11 is 6.23. The maximum absolute atomic E-state index is 12.7. The highest BCUT2D eigenvalue weighted by Crippen LogP contribution is 2.33. The lowest BCUT2D eigenvalue weighted by atomic mass is 10.2. The summed E-state index contributed by atoms with van der Waals surface area (Å²) in [7, 11) is 1.74. The molecule has 0 saturated carbocycles. The van der Waals surface area contributed by atoms with E-state index in [4.69, 9.17) is 11.6 Å². The Bertz CT molecular complexity index is 1060. The molecular formula is C17H19ClN6O2. The van der Waals surface area contributed by atoms with Crippen molar-refractivity contribution < 1.29 is 4.79 Å². The molecule has 136 valence electrons. The third kappa shape index (κ3) is 2.76. The van der Waals surface area contributed by atoms with E-state index in [1.807, 2.05) is 6.07 Å². The molecule has 4 rings (SSSR count). The highest BCUT2D eigenvalue weighted by atomic mass is 35.5. The Balaban J connectivity index is 1.76. The monoisotopic (exact) mass is 374 g/mol. The Kier molecular flexibility index (Phi) is 3.99. The normalized spacial score (nSPS) is 14.3. The van der Waals surface area contributed by atoms with Gasteiger partial charge in [-0.15, -0.1) is 0 Å². The van der Waals surface area contributed by atoms with Crippen LogP contribution in [0, 0.1) is 6.92 Å². The van der Waals surface area contributed by atoms with Gasteiger partial charge in [0.1, 0.15) is 0 Å². The lowest BCUT2D eigenvalue weighted by Gasteiger charge is -2.21. The lowest BCUT2D eigenvalue weighted by molar-refractivity contribution is 0.102. The van der Waals surface area contributed by atoms with Crippen molar-refractivity contribution in [3.05, 3.63) is 39.0 Å². The van der Waals surface area contributed by atoms with Crippen molar-refractivity contribution in [3.8, 4) is 0 Å². The van der Waals surface area contributed by atoms with Crippen LogP contribution in [0.5, 0.6) is 0 Å². The molecule has 2 aromatic heterocycles. The van der Waals surface area contributed by atoms with Crippen LogP contribution in [0.3, 0.4) is 0 Å². The zero-order valence-corrected chi connectivity index (χ0v) is 15.3. The van der Waals surface area contributed by atoms with E-state index in [9.17, 15) is 9.59 Å². The number of aromatic amines is 2. The van der Waals surface area contributed by atoms with Gasteiger partial charge in [0.15, 0.2) is 5.69 Å². The molecule has 0 aliphatic carbocycles. The SMILES string of the molecule is Cc1c(Cl)c(C(=O)Nc2cc3[nH]c(=O)[nH]c3cc2N2CCCC2)nn1C. The number of benzene rings is 1. The number of carbonyl (C=O) groups is 1. The molecule has 0 spiro atoms. The van der Waals surface area contributed by atoms with Crippen molar-refractivity contribution in [3.63, 3.8) is 0 Å². The smallest absolute Gasteiger partial charge is 0.323 e. The number of H-pyrrole nitrogens is 2. The van der Waals surface area contributed by atoms with Gasteiger partial charge in [0.25, 0.3) is 5.91 Å². The van der Waals surface area contributed by atoms with E-state index in [0.717, 1.165) is 37.3 Å². The zero-order valence-electron chi connectivity index (χ0n) is 14.5. The fourth-order valence-electron chi connectivity index (χ4n) is 3.30. The third-order valence-corrected chi connectivity index (χ3v) is 5.26. The summed E-state index contributed by atoms with van der Waals surface area (Å²) in [6.07, 6.45) is 2.20. The molecule has 0 radical (unpaired) electrons. The van der Waals surface area contributed by atoms with Crippen molar-refractivity contribution in [1.29, 1.82) is 0 Å². The first kappa shape index (κ1) is 16.7. The van der Waals surface area contributed by atoms with E-state index in [1.54, 1.807) is 24.7 Å². The molecule has 0 atom stereocenters. The molecule has 9 heteroatoms. The van der Waals surface area contributed by atoms with Crippen LogP contribution in [0.4, 0.5) is 11.4 Å². The number of aromatic nitrogens is 4. The number of aryl methyl sites for hydroxylation is 1. The molecule has 3 N–H and O–H groups in total. The number of imidazole rings is 1. The maximum Gasteiger partial charge on any atom is 0.323 e. The summed E-state index contributed by atoms with van der Waals surface area (Å²) in [6, 6.07) is 3.65. The second-order valence-corrected chi connectivity index (χ2v) is 6.89. The van der Waals surface area contributed by atoms with Gasteiger partial charge < -0.3 is 20.2 Å². The first-order chi connectivity index (χ1) is 12.4. The van der Waals surface area contributed by atoms with Crippen molar-refractivity contribution in [2.45, 2.75) is 19.8 Å². The summed E-state index contributed by atoms with van der Waals surface area (Å²) in [5.74, 6) is -0.378. The molecule has 1 saturated heterocycles. The van der Waals surface area contributed by atoms with E-state index in [0.29, 0.717) is 21.7 Å². The highest BCUT2D eigenvalue weighted by Gasteiger charge is 2.22. The number of nitrogens with one attached hydrogen (secondary N) is 3. The van der Waals surface area contributed by atoms with Gasteiger partial charge in [-0.05, 0) is 31.9 Å². The van der Waals surface area contributed by atoms with Gasteiger partial charge in [0.2, 0.25) is 0 Å². The number of hydrogen-bond acceptors (Lipinski definition) is 4. The van der Waals surface area contributed by atoms with Crippen LogP contribution in [0.1, 0.15) is 29.0 Å². The molecule has 1 fully saturated rings. The van der Waals surface area contributed by atoms with Crippen LogP contribution in [0.2, 0.25) is 5.02 Å². The van der Waals surface area contributed by atoms with Crippen LogP contribution < -0.4 is 15.9 Å². The molecule has 1 aliphatic heterocycles. The Morgan fingerprint density at radius 2 is 1.88 bits per heavy atom. The summed E-state index contributed by atoms with van der Waals surface area (Å²) in [5.41, 5.74) is 3.47. The Labute approximate surface area is 154 Å². The second kappa shape index (κ2) is 6.21. The lowest BCUT2D eigenvalue weighted by Crippen LogP contribution is -2.21. The van der Waals surface area contributed by atoms with Crippen LogP contribution in [0.15, 0.2) is 16.9 Å². The fourth-order valence-corrected chi connectivity index (χ4v) is 3.55. The number of carbonyl (C=O) groups excluding carboxylic acids is 1. The average molecular weight is 375 g/mol. The molecular weight excluding hydrogens is 356 g/mol. The molecule has 3 aromatic rings. The first-order valence-electron chi connectivity index (χ1n) is 8.45. The maximum atomic E-state index is 12.7.